The zero-order chi connectivity index (χ0) is 19.3. The molecule has 7 nitrogen and oxygen atoms in total. The lowest BCUT2D eigenvalue weighted by Crippen LogP contribution is -2.32. The van der Waals surface area contributed by atoms with E-state index in [1.807, 2.05) is 6.92 Å². The highest BCUT2D eigenvalue weighted by molar-refractivity contribution is 7.88. The lowest BCUT2D eigenvalue weighted by molar-refractivity contribution is 0.0702. The third-order valence-corrected chi connectivity index (χ3v) is 6.12. The van der Waals surface area contributed by atoms with Crippen molar-refractivity contribution < 1.29 is 23.1 Å². The molecule has 2 rings (SSSR count). The number of amides is 1. The van der Waals surface area contributed by atoms with Crippen LogP contribution in [0.1, 0.15) is 45.2 Å². The maximum absolute atomic E-state index is 12.2. The van der Waals surface area contributed by atoms with Crippen LogP contribution < -0.4 is 10.0 Å². The maximum atomic E-state index is 12.2. The van der Waals surface area contributed by atoms with Gasteiger partial charge in [-0.3, -0.25) is 4.79 Å². The molecular formula is C17H20N2O5S2. The minimum absolute atomic E-state index is 0.0751. The van der Waals surface area contributed by atoms with Gasteiger partial charge in [-0.05, 0) is 43.2 Å². The minimum Gasteiger partial charge on any atom is -0.477 e. The molecule has 2 aromatic rings. The SMILES string of the molecule is CCC(C)NS(=O)(=O)Cc1cccc(NC(=O)c2ccc(C(=O)O)s2)c1. The molecule has 0 aliphatic carbocycles. The van der Waals surface area contributed by atoms with Crippen LogP contribution in [0.2, 0.25) is 0 Å². The molecule has 1 heterocycles. The minimum atomic E-state index is -3.48. The molecule has 0 aliphatic heterocycles. The van der Waals surface area contributed by atoms with E-state index in [-0.39, 0.29) is 21.5 Å². The molecule has 140 valence electrons. The summed E-state index contributed by atoms with van der Waals surface area (Å²) in [5, 5.41) is 11.6. The van der Waals surface area contributed by atoms with Crippen LogP contribution in [0.25, 0.3) is 0 Å². The molecule has 1 aromatic heterocycles. The summed E-state index contributed by atoms with van der Waals surface area (Å²) in [6.45, 7) is 3.68. The Morgan fingerprint density at radius 3 is 2.50 bits per heavy atom. The lowest BCUT2D eigenvalue weighted by Gasteiger charge is -2.12. The molecule has 1 amide bonds. The Labute approximate surface area is 156 Å². The largest absolute Gasteiger partial charge is 0.477 e. The molecule has 0 aliphatic rings. The van der Waals surface area contributed by atoms with E-state index in [0.717, 1.165) is 11.3 Å². The van der Waals surface area contributed by atoms with Crippen molar-refractivity contribution in [1.29, 1.82) is 0 Å². The van der Waals surface area contributed by atoms with E-state index in [0.29, 0.717) is 17.7 Å². The van der Waals surface area contributed by atoms with Crippen LogP contribution in [0.3, 0.4) is 0 Å². The van der Waals surface area contributed by atoms with Crippen molar-refractivity contribution in [2.24, 2.45) is 0 Å². The maximum Gasteiger partial charge on any atom is 0.345 e. The van der Waals surface area contributed by atoms with Gasteiger partial charge >= 0.3 is 5.97 Å². The molecule has 0 saturated heterocycles. The number of hydrogen-bond donors (Lipinski definition) is 3. The number of carboxylic acids is 1. The van der Waals surface area contributed by atoms with Gasteiger partial charge in [-0.2, -0.15) is 0 Å². The van der Waals surface area contributed by atoms with E-state index >= 15 is 0 Å². The number of nitrogens with one attached hydrogen (secondary N) is 2. The fourth-order valence-electron chi connectivity index (χ4n) is 2.16. The second-order valence-electron chi connectivity index (χ2n) is 5.81. The Morgan fingerprint density at radius 2 is 1.88 bits per heavy atom. The van der Waals surface area contributed by atoms with Crippen LogP contribution in [-0.4, -0.2) is 31.4 Å². The second-order valence-corrected chi connectivity index (χ2v) is 8.65. The van der Waals surface area contributed by atoms with E-state index in [4.69, 9.17) is 5.11 Å². The number of benzene rings is 1. The van der Waals surface area contributed by atoms with Crippen LogP contribution in [0.5, 0.6) is 0 Å². The first-order valence-electron chi connectivity index (χ1n) is 7.93. The molecule has 3 N–H and O–H groups in total. The Bertz CT molecular complexity index is 905. The quantitative estimate of drug-likeness (QED) is 0.635. The predicted molar refractivity (Wildman–Crippen MR) is 101 cm³/mol. The third-order valence-electron chi connectivity index (χ3n) is 3.58. The monoisotopic (exact) mass is 396 g/mol. The van der Waals surface area contributed by atoms with Gasteiger partial charge in [-0.1, -0.05) is 19.1 Å². The molecule has 1 aromatic carbocycles. The van der Waals surface area contributed by atoms with E-state index in [9.17, 15) is 18.0 Å². The zero-order valence-electron chi connectivity index (χ0n) is 14.4. The van der Waals surface area contributed by atoms with Crippen LogP contribution in [0.15, 0.2) is 36.4 Å². The van der Waals surface area contributed by atoms with Crippen LogP contribution in [-0.2, 0) is 15.8 Å². The molecular weight excluding hydrogens is 376 g/mol. The van der Waals surface area contributed by atoms with Gasteiger partial charge in [0, 0.05) is 11.7 Å². The first-order chi connectivity index (χ1) is 12.2. The topological polar surface area (TPSA) is 113 Å². The summed E-state index contributed by atoms with van der Waals surface area (Å²) in [6.07, 6.45) is 0.689. The average Bonchev–Trinajstić information content (AvgIpc) is 3.04. The standard InChI is InChI=1S/C17H20N2O5S2/c1-3-11(2)19-26(23,24)10-12-5-4-6-13(9-12)18-16(20)14-7-8-15(25-14)17(21)22/h4-9,11,19H,3,10H2,1-2H3,(H,18,20)(H,21,22). The van der Waals surface area contributed by atoms with Crippen molar-refractivity contribution in [3.05, 3.63) is 51.7 Å². The number of sulfonamides is 1. The summed E-state index contributed by atoms with van der Waals surface area (Å²) in [5.74, 6) is -1.72. The fraction of sp³-hybridized carbons (Fsp3) is 0.294. The molecule has 1 atom stereocenters. The number of carboxylic acid groups (broad SMARTS) is 1. The number of aromatic carboxylic acids is 1. The van der Waals surface area contributed by atoms with Crippen LogP contribution in [0.4, 0.5) is 5.69 Å². The Hall–Kier alpha value is -2.23. The van der Waals surface area contributed by atoms with Gasteiger partial charge < -0.3 is 10.4 Å². The summed E-state index contributed by atoms with van der Waals surface area (Å²) in [6, 6.07) is 9.20. The number of hydrogen-bond acceptors (Lipinski definition) is 5. The average molecular weight is 396 g/mol. The summed E-state index contributed by atoms with van der Waals surface area (Å²) in [4.78, 5) is 23.4. The Kier molecular flexibility index (Phi) is 6.52. The van der Waals surface area contributed by atoms with Crippen LogP contribution >= 0.6 is 11.3 Å². The van der Waals surface area contributed by atoms with Gasteiger partial charge in [0.15, 0.2) is 0 Å². The van der Waals surface area contributed by atoms with Gasteiger partial charge in [0.1, 0.15) is 4.88 Å². The zero-order valence-corrected chi connectivity index (χ0v) is 16.0. The van der Waals surface area contributed by atoms with E-state index < -0.39 is 21.9 Å². The molecule has 1 unspecified atom stereocenters. The molecule has 0 spiro atoms. The first-order valence-corrected chi connectivity index (χ1v) is 10.4. The predicted octanol–water partition coefficient (Wildman–Crippen LogP) is 2.92. The highest BCUT2D eigenvalue weighted by atomic mass is 32.2. The van der Waals surface area contributed by atoms with Crippen molar-refractivity contribution in [2.45, 2.75) is 32.1 Å². The van der Waals surface area contributed by atoms with Crippen molar-refractivity contribution >= 4 is 38.9 Å². The smallest absolute Gasteiger partial charge is 0.345 e. The summed E-state index contributed by atoms with van der Waals surface area (Å²) in [7, 11) is -3.48. The van der Waals surface area contributed by atoms with Gasteiger partial charge in [0.25, 0.3) is 5.91 Å². The molecule has 0 saturated carbocycles. The summed E-state index contributed by atoms with van der Waals surface area (Å²) >= 11 is 0.874. The summed E-state index contributed by atoms with van der Waals surface area (Å²) in [5.41, 5.74) is 0.979. The lowest BCUT2D eigenvalue weighted by atomic mass is 10.2. The number of carbonyl (C=O) groups excluding carboxylic acids is 1. The van der Waals surface area contributed by atoms with Gasteiger partial charge in [0.2, 0.25) is 10.0 Å². The molecule has 0 fully saturated rings. The first kappa shape index (κ1) is 20.1. The molecule has 0 radical (unpaired) electrons. The summed E-state index contributed by atoms with van der Waals surface area (Å²) < 4.78 is 26.9. The normalized spacial score (nSPS) is 12.5. The number of carbonyl (C=O) groups is 2. The van der Waals surface area contributed by atoms with E-state index in [1.54, 1.807) is 31.2 Å². The van der Waals surface area contributed by atoms with Gasteiger partial charge in [0.05, 0.1) is 10.6 Å². The number of rotatable bonds is 8. The van der Waals surface area contributed by atoms with Crippen molar-refractivity contribution in [1.82, 2.24) is 4.72 Å². The molecule has 9 heteroatoms. The third kappa shape index (κ3) is 5.65. The van der Waals surface area contributed by atoms with Crippen LogP contribution in [0, 0.1) is 0 Å². The van der Waals surface area contributed by atoms with E-state index in [1.165, 1.54) is 12.1 Å². The van der Waals surface area contributed by atoms with Crippen molar-refractivity contribution in [3.63, 3.8) is 0 Å². The van der Waals surface area contributed by atoms with Crippen molar-refractivity contribution in [3.8, 4) is 0 Å². The van der Waals surface area contributed by atoms with E-state index in [2.05, 4.69) is 10.0 Å². The highest BCUT2D eigenvalue weighted by Crippen LogP contribution is 2.19. The molecule has 0 bridgehead atoms. The Balaban J connectivity index is 2.08. The highest BCUT2D eigenvalue weighted by Gasteiger charge is 2.16. The fourth-order valence-corrected chi connectivity index (χ4v) is 4.38. The second kappa shape index (κ2) is 8.43. The molecule has 26 heavy (non-hydrogen) atoms. The number of anilines is 1. The van der Waals surface area contributed by atoms with Crippen molar-refractivity contribution in [2.75, 3.05) is 5.32 Å². The number of thiophene rings is 1. The Morgan fingerprint density at radius 1 is 1.19 bits per heavy atom. The van der Waals surface area contributed by atoms with Gasteiger partial charge in [-0.15, -0.1) is 11.3 Å². The van der Waals surface area contributed by atoms with Gasteiger partial charge in [-0.25, -0.2) is 17.9 Å².